The van der Waals surface area contributed by atoms with E-state index in [-0.39, 0.29) is 62.3 Å². The molecule has 2 aliphatic carbocycles. The topological polar surface area (TPSA) is 182 Å². The van der Waals surface area contributed by atoms with Crippen LogP contribution in [0.3, 0.4) is 0 Å². The van der Waals surface area contributed by atoms with Crippen LogP contribution in [0.1, 0.15) is 112 Å². The van der Waals surface area contributed by atoms with Crippen molar-refractivity contribution >= 4 is 28.1 Å². The Bertz CT molecular complexity index is 2220. The molecule has 6 rings (SSSR count). The molecular formula is C40H38O10. The molecule has 0 saturated heterocycles. The summed E-state index contributed by atoms with van der Waals surface area (Å²) in [6, 6.07) is 7.69. The lowest BCUT2D eigenvalue weighted by molar-refractivity contribution is 0.0272. The fraction of sp³-hybridized carbons (Fsp3) is 0.275. The molecule has 4 aromatic rings. The standard InChI is InChI=1S/C40H38O10/c1-18(2)7-6-8-19(3)9-10-50-23-12-21-13-24-32(38(47)31(21)28(44)16-23)29(45)17-40(5,49)36(24)30-20(4)11-26(42)34-35(30)37(46)25-14-22(41)15-27(43)33(25)39(34)48/h7,9,11-16,36,41-44,47,49H,6,8,10,17H2,1-5H3. The number of fused-ring (bicyclic) bond motifs is 4. The summed E-state index contributed by atoms with van der Waals surface area (Å²) in [6.45, 7) is 9.27. The van der Waals surface area contributed by atoms with Gasteiger partial charge in [0.2, 0.25) is 5.78 Å². The summed E-state index contributed by atoms with van der Waals surface area (Å²) in [5.74, 6) is -5.69. The maximum absolute atomic E-state index is 14.2. The van der Waals surface area contributed by atoms with Gasteiger partial charge in [0, 0.05) is 35.6 Å². The number of carbonyl (C=O) groups is 3. The van der Waals surface area contributed by atoms with Gasteiger partial charge in [-0.05, 0) is 99.9 Å². The molecule has 2 unspecified atom stereocenters. The van der Waals surface area contributed by atoms with Crippen LogP contribution in [0.25, 0.3) is 10.8 Å². The van der Waals surface area contributed by atoms with Crippen LogP contribution >= 0.6 is 0 Å². The minimum absolute atomic E-state index is 0.00576. The van der Waals surface area contributed by atoms with Crippen molar-refractivity contribution in [3.05, 3.63) is 104 Å². The van der Waals surface area contributed by atoms with Crippen LogP contribution in [0.15, 0.2) is 59.7 Å². The number of benzene rings is 4. The zero-order chi connectivity index (χ0) is 36.4. The van der Waals surface area contributed by atoms with E-state index in [1.165, 1.54) is 30.7 Å². The molecule has 0 amide bonds. The van der Waals surface area contributed by atoms with Crippen LogP contribution in [0, 0.1) is 6.92 Å². The molecule has 4 aromatic carbocycles. The molecule has 0 saturated carbocycles. The number of aryl methyl sites for hydroxylation is 1. The van der Waals surface area contributed by atoms with E-state index in [9.17, 15) is 45.0 Å². The number of allylic oxidation sites excluding steroid dienone is 3. The van der Waals surface area contributed by atoms with Crippen LogP contribution < -0.4 is 4.74 Å². The number of ether oxygens (including phenoxy) is 1. The van der Waals surface area contributed by atoms with Gasteiger partial charge in [0.05, 0.1) is 27.7 Å². The highest BCUT2D eigenvalue weighted by molar-refractivity contribution is 6.31. The molecule has 258 valence electrons. The van der Waals surface area contributed by atoms with Crippen molar-refractivity contribution in [2.75, 3.05) is 6.61 Å². The third-order valence-electron chi connectivity index (χ3n) is 9.57. The molecule has 2 aliphatic rings. The Hall–Kier alpha value is -5.61. The molecule has 2 atom stereocenters. The highest BCUT2D eigenvalue weighted by atomic mass is 16.5. The van der Waals surface area contributed by atoms with Gasteiger partial charge in [-0.3, -0.25) is 14.4 Å². The van der Waals surface area contributed by atoms with Gasteiger partial charge in [-0.15, -0.1) is 0 Å². The van der Waals surface area contributed by atoms with Gasteiger partial charge in [-0.2, -0.15) is 0 Å². The van der Waals surface area contributed by atoms with Gasteiger partial charge in [-0.25, -0.2) is 0 Å². The second-order valence-corrected chi connectivity index (χ2v) is 13.7. The Morgan fingerprint density at radius 1 is 0.840 bits per heavy atom. The summed E-state index contributed by atoms with van der Waals surface area (Å²) < 4.78 is 5.94. The number of rotatable bonds is 7. The monoisotopic (exact) mass is 678 g/mol. The van der Waals surface area contributed by atoms with Gasteiger partial charge in [0.25, 0.3) is 0 Å². The van der Waals surface area contributed by atoms with Gasteiger partial charge in [0.15, 0.2) is 11.6 Å². The van der Waals surface area contributed by atoms with Crippen molar-refractivity contribution in [1.29, 1.82) is 0 Å². The van der Waals surface area contributed by atoms with Crippen LogP contribution in [0.5, 0.6) is 34.5 Å². The minimum Gasteiger partial charge on any atom is -0.508 e. The molecule has 0 fully saturated rings. The number of Topliss-reactive ketones (excluding diaryl/α,β-unsaturated/α-hetero) is 1. The van der Waals surface area contributed by atoms with Gasteiger partial charge in [0.1, 0.15) is 41.1 Å². The van der Waals surface area contributed by atoms with E-state index in [4.69, 9.17) is 4.74 Å². The Morgan fingerprint density at radius 3 is 2.24 bits per heavy atom. The van der Waals surface area contributed by atoms with E-state index < -0.39 is 63.9 Å². The Morgan fingerprint density at radius 2 is 1.54 bits per heavy atom. The molecule has 6 N–H and O–H groups in total. The Labute approximate surface area is 288 Å². The highest BCUT2D eigenvalue weighted by Crippen LogP contribution is 2.53. The quantitative estimate of drug-likeness (QED) is 0.0982. The van der Waals surface area contributed by atoms with E-state index in [1.54, 1.807) is 13.0 Å². The van der Waals surface area contributed by atoms with Crippen molar-refractivity contribution in [3.63, 3.8) is 0 Å². The highest BCUT2D eigenvalue weighted by Gasteiger charge is 2.48. The SMILES string of the molecule is CC(C)=CCCC(C)=CCOc1cc(O)c2c(O)c3c(cc2c1)C(c1c(C)cc(O)c2c1C(=O)c1cc(O)cc(O)c1C2=O)C(C)(O)CC3=O. The van der Waals surface area contributed by atoms with Crippen LogP contribution in [-0.4, -0.2) is 60.2 Å². The minimum atomic E-state index is -1.87. The van der Waals surface area contributed by atoms with Crippen molar-refractivity contribution in [2.24, 2.45) is 0 Å². The molecule has 0 aliphatic heterocycles. The Balaban J connectivity index is 1.52. The third kappa shape index (κ3) is 5.65. The molecule has 0 aromatic heterocycles. The smallest absolute Gasteiger partial charge is 0.201 e. The average Bonchev–Trinajstić information content (AvgIpc) is 2.99. The van der Waals surface area contributed by atoms with Crippen LogP contribution in [0.4, 0.5) is 0 Å². The lowest BCUT2D eigenvalue weighted by Crippen LogP contribution is -2.42. The summed E-state index contributed by atoms with van der Waals surface area (Å²) in [5.41, 5.74) is -0.480. The second-order valence-electron chi connectivity index (χ2n) is 13.7. The molecule has 10 heteroatoms. The first-order valence-electron chi connectivity index (χ1n) is 16.2. The molecular weight excluding hydrogens is 640 g/mol. The zero-order valence-electron chi connectivity index (χ0n) is 28.3. The maximum Gasteiger partial charge on any atom is 0.201 e. The van der Waals surface area contributed by atoms with Crippen molar-refractivity contribution in [2.45, 2.75) is 65.4 Å². The van der Waals surface area contributed by atoms with E-state index in [0.29, 0.717) is 5.56 Å². The lowest BCUT2D eigenvalue weighted by Gasteiger charge is -2.40. The van der Waals surface area contributed by atoms with E-state index >= 15 is 0 Å². The maximum atomic E-state index is 14.2. The summed E-state index contributed by atoms with van der Waals surface area (Å²) in [7, 11) is 0. The first-order chi connectivity index (χ1) is 23.5. The van der Waals surface area contributed by atoms with Gasteiger partial charge < -0.3 is 35.4 Å². The largest absolute Gasteiger partial charge is 0.508 e. The fourth-order valence-electron chi connectivity index (χ4n) is 7.33. The number of phenolic OH excluding ortho intramolecular Hbond substituents is 5. The van der Waals surface area contributed by atoms with Crippen LogP contribution in [-0.2, 0) is 0 Å². The van der Waals surface area contributed by atoms with Crippen molar-refractivity contribution in [3.8, 4) is 34.5 Å². The van der Waals surface area contributed by atoms with Crippen molar-refractivity contribution < 1.29 is 49.8 Å². The molecule has 0 radical (unpaired) electrons. The van der Waals surface area contributed by atoms with Gasteiger partial charge >= 0.3 is 0 Å². The number of aromatic hydroxyl groups is 5. The predicted molar refractivity (Wildman–Crippen MR) is 186 cm³/mol. The summed E-state index contributed by atoms with van der Waals surface area (Å²) in [5, 5.41) is 66.5. The molecule has 0 bridgehead atoms. The molecule has 50 heavy (non-hydrogen) atoms. The predicted octanol–water partition coefficient (Wildman–Crippen LogP) is 6.99. The molecule has 10 nitrogen and oxygen atoms in total. The Kier molecular flexibility index (Phi) is 8.48. The molecule has 0 spiro atoms. The first kappa shape index (κ1) is 34.3. The summed E-state index contributed by atoms with van der Waals surface area (Å²) in [4.78, 5) is 41.5. The number of ketones is 3. The van der Waals surface area contributed by atoms with Gasteiger partial charge in [-0.1, -0.05) is 17.2 Å². The van der Waals surface area contributed by atoms with E-state index in [1.807, 2.05) is 26.8 Å². The second kappa shape index (κ2) is 12.4. The fourth-order valence-corrected chi connectivity index (χ4v) is 7.33. The lowest BCUT2D eigenvalue weighted by atomic mass is 9.65. The van der Waals surface area contributed by atoms with E-state index in [2.05, 4.69) is 6.08 Å². The number of hydrogen-bond donors (Lipinski definition) is 6. The average molecular weight is 679 g/mol. The number of hydrogen-bond acceptors (Lipinski definition) is 10. The number of phenols is 5. The molecule has 0 heterocycles. The number of aliphatic hydroxyl groups is 1. The van der Waals surface area contributed by atoms with E-state index in [0.717, 1.165) is 30.5 Å². The summed E-state index contributed by atoms with van der Waals surface area (Å²) >= 11 is 0. The zero-order valence-corrected chi connectivity index (χ0v) is 28.3. The summed E-state index contributed by atoms with van der Waals surface area (Å²) in [6.07, 6.45) is 5.36. The first-order valence-corrected chi connectivity index (χ1v) is 16.2. The van der Waals surface area contributed by atoms with Crippen LogP contribution in [0.2, 0.25) is 0 Å². The normalized spacial score (nSPS) is 18.5. The third-order valence-corrected chi connectivity index (χ3v) is 9.57. The number of carbonyl (C=O) groups excluding carboxylic acids is 3. The van der Waals surface area contributed by atoms with Crippen molar-refractivity contribution in [1.82, 2.24) is 0 Å².